The molecule has 0 saturated heterocycles. The van der Waals surface area contributed by atoms with Gasteiger partial charge >= 0.3 is 0 Å². The molecule has 0 aliphatic rings. The van der Waals surface area contributed by atoms with Gasteiger partial charge in [0, 0.05) is 12.6 Å². The molecule has 18 heavy (non-hydrogen) atoms. The average molecular weight is 246 g/mol. The second kappa shape index (κ2) is 5.01. The van der Waals surface area contributed by atoms with Crippen molar-refractivity contribution < 1.29 is 9.34 Å². The van der Waals surface area contributed by atoms with Gasteiger partial charge in [-0.15, -0.1) is 0 Å². The Morgan fingerprint density at radius 2 is 2.11 bits per heavy atom. The van der Waals surface area contributed by atoms with Gasteiger partial charge < -0.3 is 9.32 Å². The zero-order chi connectivity index (χ0) is 13.1. The topological polar surface area (TPSA) is 59.5 Å². The van der Waals surface area contributed by atoms with E-state index < -0.39 is 0 Å². The molecule has 0 bridgehead atoms. The molecule has 2 rings (SSSR count). The van der Waals surface area contributed by atoms with Crippen LogP contribution in [0.4, 0.5) is 5.69 Å². The Hall–Kier alpha value is -2.14. The van der Waals surface area contributed by atoms with E-state index in [1.54, 1.807) is 24.3 Å². The van der Waals surface area contributed by atoms with Crippen molar-refractivity contribution in [3.8, 4) is 11.3 Å². The first kappa shape index (κ1) is 12.3. The summed E-state index contributed by atoms with van der Waals surface area (Å²) < 4.78 is 5.22. The van der Waals surface area contributed by atoms with Gasteiger partial charge in [-0.05, 0) is 37.9 Å². The minimum absolute atomic E-state index is 0.0734. The fourth-order valence-electron chi connectivity index (χ4n) is 1.83. The van der Waals surface area contributed by atoms with Crippen LogP contribution in [-0.2, 0) is 6.54 Å². The lowest BCUT2D eigenvalue weighted by molar-refractivity contribution is -0.384. The number of nitro benzene ring substituents is 1. The van der Waals surface area contributed by atoms with Crippen molar-refractivity contribution in [1.29, 1.82) is 0 Å². The molecule has 2 aromatic rings. The largest absolute Gasteiger partial charge is 0.464 e. The standard InChI is InChI=1S/C13H14N2O3/c1-14(2)9-10-5-6-11(12(8-10)15(16)17)13-4-3-7-18-13/h3-8H,9H2,1-2H3. The van der Waals surface area contributed by atoms with Gasteiger partial charge in [-0.2, -0.15) is 0 Å². The zero-order valence-electron chi connectivity index (χ0n) is 10.3. The molecule has 1 aromatic carbocycles. The third kappa shape index (κ3) is 2.57. The highest BCUT2D eigenvalue weighted by atomic mass is 16.6. The van der Waals surface area contributed by atoms with E-state index in [2.05, 4.69) is 0 Å². The normalized spacial score (nSPS) is 10.8. The summed E-state index contributed by atoms with van der Waals surface area (Å²) in [4.78, 5) is 12.7. The molecule has 0 radical (unpaired) electrons. The summed E-state index contributed by atoms with van der Waals surface area (Å²) in [7, 11) is 3.85. The molecular weight excluding hydrogens is 232 g/mol. The van der Waals surface area contributed by atoms with Gasteiger partial charge in [-0.1, -0.05) is 6.07 Å². The molecule has 0 atom stereocenters. The Morgan fingerprint density at radius 3 is 2.67 bits per heavy atom. The van der Waals surface area contributed by atoms with Crippen molar-refractivity contribution in [3.05, 3.63) is 52.3 Å². The first-order chi connectivity index (χ1) is 8.58. The number of nitro groups is 1. The highest BCUT2D eigenvalue weighted by Gasteiger charge is 2.18. The lowest BCUT2D eigenvalue weighted by atomic mass is 10.1. The van der Waals surface area contributed by atoms with E-state index in [0.717, 1.165) is 5.56 Å². The van der Waals surface area contributed by atoms with Crippen molar-refractivity contribution in [2.75, 3.05) is 14.1 Å². The van der Waals surface area contributed by atoms with E-state index >= 15 is 0 Å². The van der Waals surface area contributed by atoms with Crippen LogP contribution in [0, 0.1) is 10.1 Å². The predicted octanol–water partition coefficient (Wildman–Crippen LogP) is 2.92. The van der Waals surface area contributed by atoms with E-state index in [1.165, 1.54) is 6.26 Å². The Balaban J connectivity index is 2.45. The van der Waals surface area contributed by atoms with Gasteiger partial charge in [0.1, 0.15) is 5.76 Å². The summed E-state index contributed by atoms with van der Waals surface area (Å²) in [5.74, 6) is 0.512. The molecule has 0 fully saturated rings. The second-order valence-electron chi connectivity index (χ2n) is 4.32. The average Bonchev–Trinajstić information content (AvgIpc) is 2.81. The van der Waals surface area contributed by atoms with Gasteiger partial charge in [0.15, 0.2) is 0 Å². The maximum absolute atomic E-state index is 11.1. The molecule has 0 saturated carbocycles. The highest BCUT2D eigenvalue weighted by Crippen LogP contribution is 2.31. The fourth-order valence-corrected chi connectivity index (χ4v) is 1.83. The first-order valence-corrected chi connectivity index (χ1v) is 5.54. The maximum Gasteiger partial charge on any atom is 0.280 e. The Morgan fingerprint density at radius 1 is 1.33 bits per heavy atom. The zero-order valence-corrected chi connectivity index (χ0v) is 10.3. The lowest BCUT2D eigenvalue weighted by Crippen LogP contribution is -2.10. The van der Waals surface area contributed by atoms with Crippen molar-refractivity contribution in [2.24, 2.45) is 0 Å². The van der Waals surface area contributed by atoms with Gasteiger partial charge in [-0.25, -0.2) is 0 Å². The Kier molecular flexibility index (Phi) is 3.43. The summed E-state index contributed by atoms with van der Waals surface area (Å²) in [5.41, 5.74) is 1.49. The van der Waals surface area contributed by atoms with Crippen LogP contribution in [0.25, 0.3) is 11.3 Å². The van der Waals surface area contributed by atoms with E-state index in [9.17, 15) is 10.1 Å². The summed E-state index contributed by atoms with van der Waals surface area (Å²) in [6.45, 7) is 0.666. The van der Waals surface area contributed by atoms with Crippen LogP contribution in [0.3, 0.4) is 0 Å². The van der Waals surface area contributed by atoms with Gasteiger partial charge in [0.25, 0.3) is 5.69 Å². The molecule has 5 nitrogen and oxygen atoms in total. The summed E-state index contributed by atoms with van der Waals surface area (Å²) in [5, 5.41) is 11.1. The molecule has 5 heteroatoms. The summed E-state index contributed by atoms with van der Waals surface area (Å²) >= 11 is 0. The van der Waals surface area contributed by atoms with Crippen LogP contribution in [0.15, 0.2) is 41.0 Å². The highest BCUT2D eigenvalue weighted by molar-refractivity contribution is 5.69. The number of nitrogens with zero attached hydrogens (tertiary/aromatic N) is 2. The molecule has 0 aliphatic heterocycles. The molecule has 1 heterocycles. The third-order valence-corrected chi connectivity index (χ3v) is 2.54. The molecule has 0 aliphatic carbocycles. The van der Waals surface area contributed by atoms with Gasteiger partial charge in [-0.3, -0.25) is 10.1 Å². The number of benzene rings is 1. The van der Waals surface area contributed by atoms with Crippen molar-refractivity contribution in [3.63, 3.8) is 0 Å². The van der Waals surface area contributed by atoms with Crippen LogP contribution in [0.1, 0.15) is 5.56 Å². The number of hydrogen-bond acceptors (Lipinski definition) is 4. The van der Waals surface area contributed by atoms with Crippen LogP contribution >= 0.6 is 0 Å². The molecular formula is C13H14N2O3. The Bertz CT molecular complexity index is 547. The molecule has 1 aromatic heterocycles. The first-order valence-electron chi connectivity index (χ1n) is 5.54. The van der Waals surface area contributed by atoms with Gasteiger partial charge in [0.05, 0.1) is 16.7 Å². The molecule has 0 spiro atoms. The minimum atomic E-state index is -0.378. The van der Waals surface area contributed by atoms with E-state index in [4.69, 9.17) is 4.42 Å². The Labute approximate surface area is 105 Å². The monoisotopic (exact) mass is 246 g/mol. The number of hydrogen-bond donors (Lipinski definition) is 0. The van der Waals surface area contributed by atoms with Crippen molar-refractivity contribution in [1.82, 2.24) is 4.90 Å². The minimum Gasteiger partial charge on any atom is -0.464 e. The number of rotatable bonds is 4. The lowest BCUT2D eigenvalue weighted by Gasteiger charge is -2.10. The van der Waals surface area contributed by atoms with Crippen molar-refractivity contribution in [2.45, 2.75) is 6.54 Å². The molecule has 0 unspecified atom stereocenters. The second-order valence-corrected chi connectivity index (χ2v) is 4.32. The smallest absolute Gasteiger partial charge is 0.280 e. The van der Waals surface area contributed by atoms with Crippen LogP contribution in [0.2, 0.25) is 0 Å². The van der Waals surface area contributed by atoms with E-state index in [0.29, 0.717) is 17.9 Å². The summed E-state index contributed by atoms with van der Waals surface area (Å²) in [6.07, 6.45) is 1.51. The molecule has 0 N–H and O–H groups in total. The van der Waals surface area contributed by atoms with Gasteiger partial charge in [0.2, 0.25) is 0 Å². The third-order valence-electron chi connectivity index (χ3n) is 2.54. The SMILES string of the molecule is CN(C)Cc1ccc(-c2ccco2)c([N+](=O)[O-])c1. The quantitative estimate of drug-likeness (QED) is 0.614. The van der Waals surface area contributed by atoms with Crippen molar-refractivity contribution >= 4 is 5.69 Å². The van der Waals surface area contributed by atoms with E-state index in [-0.39, 0.29) is 10.6 Å². The van der Waals surface area contributed by atoms with E-state index in [1.807, 2.05) is 25.1 Å². The van der Waals surface area contributed by atoms with Crippen LogP contribution in [0.5, 0.6) is 0 Å². The predicted molar refractivity (Wildman–Crippen MR) is 68.2 cm³/mol. The molecule has 0 amide bonds. The van der Waals surface area contributed by atoms with Crippen LogP contribution < -0.4 is 0 Å². The van der Waals surface area contributed by atoms with Crippen LogP contribution in [-0.4, -0.2) is 23.9 Å². The molecule has 94 valence electrons. The summed E-state index contributed by atoms with van der Waals surface area (Å²) in [6, 6.07) is 8.64. The number of furan rings is 1. The maximum atomic E-state index is 11.1. The fraction of sp³-hybridized carbons (Fsp3) is 0.231.